The van der Waals surface area contributed by atoms with E-state index in [-0.39, 0.29) is 34.9 Å². The minimum atomic E-state index is -3.45. The number of carbonyl (C=O) groups excluding carboxylic acids is 1. The lowest BCUT2D eigenvalue weighted by Gasteiger charge is -2.32. The number of benzene rings is 2. The fourth-order valence-electron chi connectivity index (χ4n) is 6.75. The standard InChI is InChI=1S/C35H43N7O4S/c1-35(2,3)22-18-23(20-24(19-22)40-47(44,45)26-12-13-26)36-34(43)37-29-14-15-31(28-9-6-5-8-27(28)29)46-25-11-16-32-38-39-33(42(32)21-25)30-10-7-17-41(30)4/h5-6,8-9,11,16,18-21,26,29-31,40H,7,10,12-15,17H2,1-4H3,(H2,36,37,43)/t29-,30-,31+/m0/s1. The molecule has 2 fully saturated rings. The first-order chi connectivity index (χ1) is 22.4. The van der Waals surface area contributed by atoms with Crippen LogP contribution in [0.1, 0.15) is 100.0 Å². The van der Waals surface area contributed by atoms with E-state index in [0.29, 0.717) is 37.1 Å². The van der Waals surface area contributed by atoms with Crippen LogP contribution in [0.3, 0.4) is 0 Å². The van der Waals surface area contributed by atoms with Crippen LogP contribution in [0.2, 0.25) is 0 Å². The van der Waals surface area contributed by atoms with E-state index < -0.39 is 10.0 Å². The second-order valence-electron chi connectivity index (χ2n) is 14.1. The van der Waals surface area contributed by atoms with E-state index in [9.17, 15) is 13.2 Å². The van der Waals surface area contributed by atoms with Gasteiger partial charge in [0.1, 0.15) is 11.9 Å². The predicted octanol–water partition coefficient (Wildman–Crippen LogP) is 6.47. The Labute approximate surface area is 276 Å². The number of urea groups is 1. The molecule has 3 heterocycles. The monoisotopic (exact) mass is 657 g/mol. The third-order valence-corrected chi connectivity index (χ3v) is 11.4. The molecule has 248 valence electrons. The van der Waals surface area contributed by atoms with Crippen molar-refractivity contribution in [2.24, 2.45) is 0 Å². The molecule has 1 saturated heterocycles. The van der Waals surface area contributed by atoms with Crippen molar-refractivity contribution in [2.75, 3.05) is 23.6 Å². The maximum Gasteiger partial charge on any atom is 0.319 e. The lowest BCUT2D eigenvalue weighted by molar-refractivity contribution is 0.171. The second-order valence-corrected chi connectivity index (χ2v) is 16.1. The van der Waals surface area contributed by atoms with Gasteiger partial charge in [0, 0.05) is 5.69 Å². The lowest BCUT2D eigenvalue weighted by atomic mass is 9.85. The summed E-state index contributed by atoms with van der Waals surface area (Å²) in [5, 5.41) is 14.7. The molecule has 2 aliphatic carbocycles. The van der Waals surface area contributed by atoms with Crippen LogP contribution in [0, 0.1) is 0 Å². The minimum absolute atomic E-state index is 0.177. The van der Waals surface area contributed by atoms with Gasteiger partial charge in [0.2, 0.25) is 10.0 Å². The molecule has 12 heteroatoms. The van der Waals surface area contributed by atoms with E-state index >= 15 is 0 Å². The molecule has 1 saturated carbocycles. The first-order valence-electron chi connectivity index (χ1n) is 16.5. The molecule has 0 radical (unpaired) electrons. The highest BCUT2D eigenvalue weighted by Gasteiger charge is 2.36. The first-order valence-corrected chi connectivity index (χ1v) is 18.0. The van der Waals surface area contributed by atoms with Crippen LogP contribution in [-0.2, 0) is 15.4 Å². The van der Waals surface area contributed by atoms with Gasteiger partial charge in [-0.1, -0.05) is 45.0 Å². The molecule has 1 aliphatic heterocycles. The van der Waals surface area contributed by atoms with Gasteiger partial charge in [-0.15, -0.1) is 10.2 Å². The number of carbonyl (C=O) groups is 1. The number of rotatable bonds is 8. The Morgan fingerprint density at radius 3 is 2.43 bits per heavy atom. The van der Waals surface area contributed by atoms with Crippen LogP contribution in [0.25, 0.3) is 5.65 Å². The molecule has 47 heavy (non-hydrogen) atoms. The van der Waals surface area contributed by atoms with Crippen LogP contribution in [0.5, 0.6) is 5.75 Å². The number of hydrogen-bond donors (Lipinski definition) is 3. The van der Waals surface area contributed by atoms with Crippen molar-refractivity contribution in [2.45, 2.75) is 88.1 Å². The number of aromatic nitrogens is 3. The number of nitrogens with one attached hydrogen (secondary N) is 3. The molecule has 11 nitrogen and oxygen atoms in total. The van der Waals surface area contributed by atoms with Gasteiger partial charge in [-0.05, 0) is 105 Å². The Balaban J connectivity index is 1.07. The van der Waals surface area contributed by atoms with Crippen LogP contribution >= 0.6 is 0 Å². The molecule has 2 aromatic carbocycles. The highest BCUT2D eigenvalue weighted by Crippen LogP contribution is 2.39. The normalized spacial score (nSPS) is 21.7. The molecular weight excluding hydrogens is 614 g/mol. The molecule has 0 spiro atoms. The van der Waals surface area contributed by atoms with Gasteiger partial charge in [-0.25, -0.2) is 13.2 Å². The molecule has 3 aliphatic rings. The van der Waals surface area contributed by atoms with Crippen LogP contribution in [0.15, 0.2) is 60.8 Å². The van der Waals surface area contributed by atoms with E-state index in [1.54, 1.807) is 6.07 Å². The average molecular weight is 658 g/mol. The summed E-state index contributed by atoms with van der Waals surface area (Å²) in [6.07, 6.45) is 6.77. The van der Waals surface area contributed by atoms with Gasteiger partial charge in [-0.3, -0.25) is 14.0 Å². The SMILES string of the molecule is CN1CCC[C@H]1c1nnc2ccc(O[C@@H]3CC[C@H](NC(=O)Nc4cc(NS(=O)(=O)C5CC5)cc(C(C)(C)C)c4)c4ccccc43)cn12. The molecule has 2 amide bonds. The fraction of sp³-hybridized carbons (Fsp3) is 0.457. The van der Waals surface area contributed by atoms with Gasteiger partial charge >= 0.3 is 6.03 Å². The average Bonchev–Trinajstić information content (AvgIpc) is 3.70. The minimum Gasteiger partial charge on any atom is -0.484 e. The van der Waals surface area contributed by atoms with Crippen molar-refractivity contribution < 1.29 is 17.9 Å². The largest absolute Gasteiger partial charge is 0.484 e. The molecule has 3 atom stereocenters. The summed E-state index contributed by atoms with van der Waals surface area (Å²) in [5.41, 5.74) is 4.50. The summed E-state index contributed by atoms with van der Waals surface area (Å²) in [4.78, 5) is 15.7. The maximum atomic E-state index is 13.4. The van der Waals surface area contributed by atoms with E-state index in [4.69, 9.17) is 4.74 Å². The molecule has 0 unspecified atom stereocenters. The lowest BCUT2D eigenvalue weighted by Crippen LogP contribution is -2.35. The smallest absolute Gasteiger partial charge is 0.319 e. The maximum absolute atomic E-state index is 13.4. The summed E-state index contributed by atoms with van der Waals surface area (Å²) in [6.45, 7) is 7.22. The van der Waals surface area contributed by atoms with Gasteiger partial charge in [0.25, 0.3) is 0 Å². The zero-order valence-corrected chi connectivity index (χ0v) is 28.2. The van der Waals surface area contributed by atoms with E-state index in [0.717, 1.165) is 53.3 Å². The van der Waals surface area contributed by atoms with Crippen LogP contribution in [-0.4, -0.2) is 52.8 Å². The van der Waals surface area contributed by atoms with Gasteiger partial charge in [0.15, 0.2) is 11.5 Å². The van der Waals surface area contributed by atoms with Crippen molar-refractivity contribution >= 4 is 33.1 Å². The predicted molar refractivity (Wildman–Crippen MR) is 182 cm³/mol. The van der Waals surface area contributed by atoms with Crippen molar-refractivity contribution in [3.63, 3.8) is 0 Å². The number of likely N-dealkylation sites (tertiary alicyclic amines) is 1. The highest BCUT2D eigenvalue weighted by atomic mass is 32.2. The zero-order chi connectivity index (χ0) is 32.9. The highest BCUT2D eigenvalue weighted by molar-refractivity contribution is 7.93. The zero-order valence-electron chi connectivity index (χ0n) is 27.4. The summed E-state index contributed by atoms with van der Waals surface area (Å²) >= 11 is 0. The number of hydrogen-bond acceptors (Lipinski definition) is 7. The summed E-state index contributed by atoms with van der Waals surface area (Å²) < 4.78 is 36.7. The number of fused-ring (bicyclic) bond motifs is 2. The number of anilines is 2. The van der Waals surface area contributed by atoms with Crippen molar-refractivity contribution in [3.05, 3.63) is 83.3 Å². The fourth-order valence-corrected chi connectivity index (χ4v) is 8.12. The van der Waals surface area contributed by atoms with Gasteiger partial charge < -0.3 is 15.4 Å². The molecule has 2 aromatic heterocycles. The number of amides is 2. The van der Waals surface area contributed by atoms with E-state index in [1.165, 1.54) is 0 Å². The number of ether oxygens (including phenoxy) is 1. The van der Waals surface area contributed by atoms with E-state index in [2.05, 4.69) is 64.3 Å². The Bertz CT molecular complexity index is 1910. The molecule has 0 bridgehead atoms. The molecular formula is C35H43N7O4S. The number of nitrogens with zero attached hydrogens (tertiary/aromatic N) is 4. The Kier molecular flexibility index (Phi) is 8.12. The first kappa shape index (κ1) is 31.4. The van der Waals surface area contributed by atoms with Crippen LogP contribution < -0.4 is 20.1 Å². The van der Waals surface area contributed by atoms with Gasteiger partial charge in [0.05, 0.1) is 29.2 Å². The Morgan fingerprint density at radius 2 is 1.70 bits per heavy atom. The number of sulfonamides is 1. The van der Waals surface area contributed by atoms with E-state index in [1.807, 2.05) is 53.1 Å². The third kappa shape index (κ3) is 6.66. The third-order valence-electron chi connectivity index (χ3n) is 9.52. The van der Waals surface area contributed by atoms with Crippen molar-refractivity contribution in [3.8, 4) is 5.75 Å². The molecule has 7 rings (SSSR count). The number of pyridine rings is 1. The summed E-state index contributed by atoms with van der Waals surface area (Å²) in [7, 11) is -1.32. The topological polar surface area (TPSA) is 130 Å². The van der Waals surface area contributed by atoms with Crippen LogP contribution in [0.4, 0.5) is 16.2 Å². The van der Waals surface area contributed by atoms with Crippen molar-refractivity contribution in [1.82, 2.24) is 24.8 Å². The van der Waals surface area contributed by atoms with Gasteiger partial charge in [-0.2, -0.15) is 0 Å². The Morgan fingerprint density at radius 1 is 0.936 bits per heavy atom. The van der Waals surface area contributed by atoms with Crippen molar-refractivity contribution in [1.29, 1.82) is 0 Å². The molecule has 4 aromatic rings. The quantitative estimate of drug-likeness (QED) is 0.198. The Hall–Kier alpha value is -4.16. The summed E-state index contributed by atoms with van der Waals surface area (Å²) in [5.74, 6) is 1.68. The summed E-state index contributed by atoms with van der Waals surface area (Å²) in [6, 6.07) is 17.1. The molecule has 3 N–H and O–H groups in total. The second kappa shape index (κ2) is 12.1.